The third kappa shape index (κ3) is 3.36. The van der Waals surface area contributed by atoms with E-state index in [1.807, 2.05) is 0 Å². The molecule has 138 valence electrons. The van der Waals surface area contributed by atoms with Gasteiger partial charge in [-0.25, -0.2) is 15.1 Å². The average Bonchev–Trinajstić information content (AvgIpc) is 2.70. The number of benzene rings is 1. The van der Waals surface area contributed by atoms with Gasteiger partial charge in [0.15, 0.2) is 5.69 Å². The van der Waals surface area contributed by atoms with Crippen LogP contribution in [0.25, 0.3) is 10.8 Å². The zero-order valence-electron chi connectivity index (χ0n) is 14.4. The number of hydrogen-bond donors (Lipinski definition) is 3. The van der Waals surface area contributed by atoms with E-state index in [0.29, 0.717) is 29.7 Å². The van der Waals surface area contributed by atoms with E-state index in [-0.39, 0.29) is 29.7 Å². The number of carbonyl (C=O) groups is 1. The summed E-state index contributed by atoms with van der Waals surface area (Å²) in [5, 5.41) is 20.8. The van der Waals surface area contributed by atoms with Crippen molar-refractivity contribution in [1.82, 2.24) is 25.1 Å². The third-order valence-corrected chi connectivity index (χ3v) is 4.65. The van der Waals surface area contributed by atoms with Gasteiger partial charge in [-0.05, 0) is 18.6 Å². The minimum atomic E-state index is -0.777. The van der Waals surface area contributed by atoms with Gasteiger partial charge in [-0.1, -0.05) is 18.2 Å². The largest absolute Gasteiger partial charge is 0.389 e. The summed E-state index contributed by atoms with van der Waals surface area (Å²) in [5.74, 6) is 0.116. The van der Waals surface area contributed by atoms with Gasteiger partial charge in [0.2, 0.25) is 5.95 Å². The van der Waals surface area contributed by atoms with Crippen molar-refractivity contribution in [3.63, 3.8) is 0 Å². The normalized spacial score (nSPS) is 19.8. The Balaban J connectivity index is 1.52. The van der Waals surface area contributed by atoms with Gasteiger partial charge < -0.3 is 15.3 Å². The molecular formula is C18H18N6O3. The number of fused-ring (bicyclic) bond motifs is 1. The molecule has 3 N–H and O–H groups in total. The zero-order chi connectivity index (χ0) is 18.8. The van der Waals surface area contributed by atoms with E-state index in [4.69, 9.17) is 0 Å². The van der Waals surface area contributed by atoms with E-state index in [0.717, 1.165) is 0 Å². The summed E-state index contributed by atoms with van der Waals surface area (Å²) in [6, 6.07) is 8.30. The Morgan fingerprint density at radius 1 is 1.19 bits per heavy atom. The monoisotopic (exact) mass is 366 g/mol. The van der Waals surface area contributed by atoms with Crippen molar-refractivity contribution < 1.29 is 9.90 Å². The van der Waals surface area contributed by atoms with Gasteiger partial charge in [-0.3, -0.25) is 9.59 Å². The molecule has 27 heavy (non-hydrogen) atoms. The fraction of sp³-hybridized carbons (Fsp3) is 0.278. The molecule has 1 saturated heterocycles. The number of rotatable bonds is 3. The molecule has 0 unspecified atom stereocenters. The molecule has 3 aromatic rings. The van der Waals surface area contributed by atoms with Gasteiger partial charge in [0.05, 0.1) is 17.5 Å². The minimum absolute atomic E-state index is 0.151. The number of carbonyl (C=O) groups excluding carboxylic acids is 1. The van der Waals surface area contributed by atoms with Crippen molar-refractivity contribution in [3.05, 3.63) is 58.8 Å². The fourth-order valence-corrected chi connectivity index (χ4v) is 3.25. The number of aliphatic hydroxyl groups is 1. The molecule has 1 amide bonds. The number of aromatic nitrogens is 4. The number of H-pyrrole nitrogens is 1. The lowest BCUT2D eigenvalue weighted by molar-refractivity contribution is 0.0421. The van der Waals surface area contributed by atoms with Crippen LogP contribution in [0.15, 0.2) is 47.5 Å². The van der Waals surface area contributed by atoms with Crippen molar-refractivity contribution in [3.8, 4) is 0 Å². The lowest BCUT2D eigenvalue weighted by Gasteiger charge is -2.36. The van der Waals surface area contributed by atoms with E-state index >= 15 is 0 Å². The topological polar surface area (TPSA) is 124 Å². The first-order chi connectivity index (χ1) is 13.1. The number of likely N-dealkylation sites (tertiary alicyclic amines) is 1. The Labute approximate surface area is 154 Å². The third-order valence-electron chi connectivity index (χ3n) is 4.65. The highest BCUT2D eigenvalue weighted by Gasteiger charge is 2.32. The number of piperidine rings is 1. The number of aromatic amines is 1. The Hall–Kier alpha value is -3.33. The second-order valence-corrected chi connectivity index (χ2v) is 6.38. The second kappa shape index (κ2) is 7.12. The zero-order valence-corrected chi connectivity index (χ0v) is 14.4. The summed E-state index contributed by atoms with van der Waals surface area (Å²) in [6.45, 7) is 0.591. The molecule has 1 aliphatic heterocycles. The average molecular weight is 366 g/mol. The summed E-state index contributed by atoms with van der Waals surface area (Å²) in [5.41, 5.74) is -0.164. The number of nitrogens with zero attached hydrogens (tertiary/aromatic N) is 4. The predicted molar refractivity (Wildman–Crippen MR) is 98.3 cm³/mol. The Kier molecular flexibility index (Phi) is 4.51. The lowest BCUT2D eigenvalue weighted by Crippen LogP contribution is -2.52. The Bertz CT molecular complexity index is 1020. The van der Waals surface area contributed by atoms with Crippen LogP contribution < -0.4 is 10.9 Å². The van der Waals surface area contributed by atoms with Crippen LogP contribution in [0.2, 0.25) is 0 Å². The maximum absolute atomic E-state index is 12.9. The molecule has 0 spiro atoms. The molecule has 4 rings (SSSR count). The first-order valence-corrected chi connectivity index (χ1v) is 8.62. The fourth-order valence-electron chi connectivity index (χ4n) is 3.25. The van der Waals surface area contributed by atoms with Gasteiger partial charge in [-0.15, -0.1) is 0 Å². The molecule has 1 fully saturated rings. The van der Waals surface area contributed by atoms with E-state index in [1.54, 1.807) is 47.6 Å². The quantitative estimate of drug-likeness (QED) is 0.613. The first kappa shape index (κ1) is 17.1. The number of nitrogens with one attached hydrogen (secondary N) is 2. The highest BCUT2D eigenvalue weighted by atomic mass is 16.3. The van der Waals surface area contributed by atoms with Gasteiger partial charge in [0, 0.05) is 30.9 Å². The molecule has 0 aliphatic carbocycles. The van der Waals surface area contributed by atoms with Gasteiger partial charge >= 0.3 is 0 Å². The van der Waals surface area contributed by atoms with Crippen molar-refractivity contribution >= 4 is 22.6 Å². The first-order valence-electron chi connectivity index (χ1n) is 8.62. The summed E-state index contributed by atoms with van der Waals surface area (Å²) in [4.78, 5) is 34.5. The SMILES string of the molecule is O=C(c1n[nH]c(=O)c2ccccc12)N1CC[C@@H](Nc2ncccn2)[C@H](O)C1. The summed E-state index contributed by atoms with van der Waals surface area (Å²) < 4.78 is 0. The number of aliphatic hydroxyl groups excluding tert-OH is 1. The molecular weight excluding hydrogens is 348 g/mol. The summed E-state index contributed by atoms with van der Waals surface area (Å²) >= 11 is 0. The molecule has 2 atom stereocenters. The van der Waals surface area contributed by atoms with E-state index in [9.17, 15) is 14.7 Å². The smallest absolute Gasteiger partial charge is 0.275 e. The van der Waals surface area contributed by atoms with Crippen LogP contribution in [0.4, 0.5) is 5.95 Å². The summed E-state index contributed by atoms with van der Waals surface area (Å²) in [6.07, 6.45) is 2.99. The van der Waals surface area contributed by atoms with Crippen molar-refractivity contribution in [2.24, 2.45) is 0 Å². The molecule has 3 heterocycles. The number of amides is 1. The van der Waals surface area contributed by atoms with Gasteiger partial charge in [-0.2, -0.15) is 5.10 Å². The summed E-state index contributed by atoms with van der Waals surface area (Å²) in [7, 11) is 0. The number of β-amino-alcohol motifs (C(OH)–C–C–N with tert-alkyl or cyclic N) is 1. The van der Waals surface area contributed by atoms with E-state index in [2.05, 4.69) is 25.5 Å². The van der Waals surface area contributed by atoms with Crippen molar-refractivity contribution in [2.75, 3.05) is 18.4 Å². The highest BCUT2D eigenvalue weighted by Crippen LogP contribution is 2.19. The van der Waals surface area contributed by atoms with Crippen molar-refractivity contribution in [2.45, 2.75) is 18.6 Å². The second-order valence-electron chi connectivity index (χ2n) is 6.38. The molecule has 0 radical (unpaired) electrons. The Morgan fingerprint density at radius 2 is 1.93 bits per heavy atom. The van der Waals surface area contributed by atoms with Crippen LogP contribution in [0.3, 0.4) is 0 Å². The van der Waals surface area contributed by atoms with Crippen LogP contribution in [0, 0.1) is 0 Å². The molecule has 2 aromatic heterocycles. The number of hydrogen-bond acceptors (Lipinski definition) is 7. The molecule has 1 aliphatic rings. The molecule has 1 aromatic carbocycles. The van der Waals surface area contributed by atoms with Crippen LogP contribution >= 0.6 is 0 Å². The maximum Gasteiger partial charge on any atom is 0.275 e. The van der Waals surface area contributed by atoms with Crippen LogP contribution in [0.5, 0.6) is 0 Å². The van der Waals surface area contributed by atoms with Crippen LogP contribution in [-0.2, 0) is 0 Å². The maximum atomic E-state index is 12.9. The highest BCUT2D eigenvalue weighted by molar-refractivity contribution is 6.04. The Morgan fingerprint density at radius 3 is 2.67 bits per heavy atom. The van der Waals surface area contributed by atoms with Crippen molar-refractivity contribution in [1.29, 1.82) is 0 Å². The standard InChI is InChI=1S/C18H18N6O3/c25-14-10-24(9-6-13(14)21-18-19-7-3-8-20-18)17(27)15-11-4-1-2-5-12(11)16(26)23-22-15/h1-5,7-8,13-14,25H,6,9-10H2,(H,23,26)(H,19,20,21)/t13-,14-/m1/s1. The van der Waals surface area contributed by atoms with Gasteiger partial charge in [0.1, 0.15) is 0 Å². The molecule has 9 nitrogen and oxygen atoms in total. The van der Waals surface area contributed by atoms with E-state index in [1.165, 1.54) is 0 Å². The lowest BCUT2D eigenvalue weighted by atomic mass is 10.0. The minimum Gasteiger partial charge on any atom is -0.389 e. The molecule has 0 bridgehead atoms. The molecule has 9 heteroatoms. The predicted octanol–water partition coefficient (Wildman–Crippen LogP) is 0.401. The van der Waals surface area contributed by atoms with E-state index < -0.39 is 6.10 Å². The van der Waals surface area contributed by atoms with Crippen LogP contribution in [0.1, 0.15) is 16.9 Å². The molecule has 0 saturated carbocycles. The number of anilines is 1. The van der Waals surface area contributed by atoms with Gasteiger partial charge in [0.25, 0.3) is 11.5 Å². The van der Waals surface area contributed by atoms with Crippen LogP contribution in [-0.4, -0.2) is 61.3 Å².